The number of rotatable bonds is 3. The van der Waals surface area contributed by atoms with Crippen LogP contribution in [0.1, 0.15) is 18.4 Å². The monoisotopic (exact) mass is 288 g/mol. The molecule has 0 aliphatic carbocycles. The Morgan fingerprint density at radius 2 is 2.25 bits per heavy atom. The third kappa shape index (κ3) is 3.09. The van der Waals surface area contributed by atoms with Gasteiger partial charge in [-0.15, -0.1) is 0 Å². The molecule has 1 N–H and O–H groups in total. The molecule has 1 atom stereocenters. The van der Waals surface area contributed by atoms with E-state index in [0.717, 1.165) is 10.5 Å². The van der Waals surface area contributed by atoms with Crippen molar-refractivity contribution in [1.82, 2.24) is 9.88 Å². The van der Waals surface area contributed by atoms with Gasteiger partial charge >= 0.3 is 6.18 Å². The number of nitrogens with zero attached hydrogens (tertiary/aromatic N) is 2. The summed E-state index contributed by atoms with van der Waals surface area (Å²) < 4.78 is 37.9. The average molecular weight is 288 g/mol. The second-order valence-electron chi connectivity index (χ2n) is 4.96. The summed E-state index contributed by atoms with van der Waals surface area (Å²) in [5, 5.41) is 9.50. The van der Waals surface area contributed by atoms with Crippen LogP contribution in [0.3, 0.4) is 0 Å². The van der Waals surface area contributed by atoms with E-state index in [0.29, 0.717) is 6.42 Å². The maximum atomic E-state index is 12.6. The molecular formula is C13H15F3N2O2. The normalized spacial score (nSPS) is 23.1. The third-order valence-corrected chi connectivity index (χ3v) is 3.48. The van der Waals surface area contributed by atoms with Crippen LogP contribution in [0, 0.1) is 0 Å². The van der Waals surface area contributed by atoms with E-state index in [2.05, 4.69) is 4.98 Å². The Balaban J connectivity index is 1.89. The predicted octanol–water partition coefficient (Wildman–Crippen LogP) is 1.54. The van der Waals surface area contributed by atoms with E-state index < -0.39 is 24.7 Å². The molecule has 20 heavy (non-hydrogen) atoms. The van der Waals surface area contributed by atoms with Crippen molar-refractivity contribution in [2.75, 3.05) is 13.1 Å². The van der Waals surface area contributed by atoms with Crippen LogP contribution in [-0.4, -0.2) is 45.8 Å². The molecule has 2 rings (SSSR count). The molecule has 0 spiro atoms. The summed E-state index contributed by atoms with van der Waals surface area (Å²) in [6.45, 7) is -0.746. The molecule has 1 amide bonds. The molecule has 1 aliphatic heterocycles. The van der Waals surface area contributed by atoms with Gasteiger partial charge < -0.3 is 10.0 Å². The van der Waals surface area contributed by atoms with Crippen molar-refractivity contribution in [3.8, 4) is 0 Å². The second kappa shape index (κ2) is 5.40. The molecule has 1 aromatic rings. The Hall–Kier alpha value is -1.63. The molecule has 4 nitrogen and oxygen atoms in total. The number of aromatic nitrogens is 1. The first-order valence-corrected chi connectivity index (χ1v) is 6.28. The lowest BCUT2D eigenvalue weighted by atomic mass is 10.0. The quantitative estimate of drug-likeness (QED) is 0.918. The van der Waals surface area contributed by atoms with Gasteiger partial charge in [-0.1, -0.05) is 6.07 Å². The highest BCUT2D eigenvalue weighted by atomic mass is 19.4. The van der Waals surface area contributed by atoms with Gasteiger partial charge in [0.15, 0.2) is 5.60 Å². The largest absolute Gasteiger partial charge is 0.419 e. The fraction of sp³-hybridized carbons (Fsp3) is 0.538. The number of β-amino-alcohol motifs (C(OH)–C–C–N with tert-alkyl or cyclic N) is 1. The SMILES string of the molecule is O=C(CCc1cccnc1)N1CC[C@](O)(C(F)(F)F)C1. The molecule has 0 bridgehead atoms. The number of carbonyl (C=O) groups excluding carboxylic acids is 1. The highest BCUT2D eigenvalue weighted by Crippen LogP contribution is 2.37. The molecule has 1 aromatic heterocycles. The summed E-state index contributed by atoms with van der Waals surface area (Å²) in [6.07, 6.45) is -1.41. The fourth-order valence-corrected chi connectivity index (χ4v) is 2.19. The summed E-state index contributed by atoms with van der Waals surface area (Å²) in [5.41, 5.74) is -1.91. The van der Waals surface area contributed by atoms with Crippen molar-refractivity contribution >= 4 is 5.91 Å². The Morgan fingerprint density at radius 3 is 2.80 bits per heavy atom. The average Bonchev–Trinajstić information content (AvgIpc) is 2.81. The number of amides is 1. The van der Waals surface area contributed by atoms with Crippen LogP contribution in [0.15, 0.2) is 24.5 Å². The molecule has 1 aliphatic rings. The summed E-state index contributed by atoms with van der Waals surface area (Å²) in [6, 6.07) is 3.54. The minimum Gasteiger partial charge on any atom is -0.379 e. The van der Waals surface area contributed by atoms with E-state index >= 15 is 0 Å². The van der Waals surface area contributed by atoms with Gasteiger partial charge in [0.2, 0.25) is 5.91 Å². The summed E-state index contributed by atoms with van der Waals surface area (Å²) in [7, 11) is 0. The van der Waals surface area contributed by atoms with Crippen LogP contribution >= 0.6 is 0 Å². The molecule has 1 fully saturated rings. The van der Waals surface area contributed by atoms with Gasteiger partial charge in [0.25, 0.3) is 0 Å². The zero-order valence-electron chi connectivity index (χ0n) is 10.7. The van der Waals surface area contributed by atoms with E-state index in [1.807, 2.05) is 0 Å². The number of likely N-dealkylation sites (tertiary alicyclic amines) is 1. The minimum atomic E-state index is -4.70. The van der Waals surface area contributed by atoms with E-state index in [1.54, 1.807) is 24.5 Å². The zero-order valence-corrected chi connectivity index (χ0v) is 10.7. The Bertz CT molecular complexity index is 478. The van der Waals surface area contributed by atoms with Gasteiger partial charge in [-0.25, -0.2) is 0 Å². The van der Waals surface area contributed by atoms with Crippen LogP contribution in [0.2, 0.25) is 0 Å². The van der Waals surface area contributed by atoms with Crippen LogP contribution < -0.4 is 0 Å². The minimum absolute atomic E-state index is 0.0676. The molecule has 0 unspecified atom stereocenters. The molecule has 7 heteroatoms. The van der Waals surface area contributed by atoms with E-state index in [4.69, 9.17) is 0 Å². The van der Waals surface area contributed by atoms with Crippen molar-refractivity contribution in [3.63, 3.8) is 0 Å². The van der Waals surface area contributed by atoms with Gasteiger partial charge in [-0.05, 0) is 18.1 Å². The van der Waals surface area contributed by atoms with Crippen molar-refractivity contribution in [2.45, 2.75) is 31.0 Å². The number of carbonyl (C=O) groups is 1. The van der Waals surface area contributed by atoms with Crippen LogP contribution in [0.4, 0.5) is 13.2 Å². The number of hydrogen-bond acceptors (Lipinski definition) is 3. The lowest BCUT2D eigenvalue weighted by Crippen LogP contribution is -2.48. The molecule has 0 saturated carbocycles. The lowest BCUT2D eigenvalue weighted by molar-refractivity contribution is -0.253. The summed E-state index contributed by atoms with van der Waals surface area (Å²) in [4.78, 5) is 16.8. The van der Waals surface area contributed by atoms with Crippen molar-refractivity contribution in [3.05, 3.63) is 30.1 Å². The lowest BCUT2D eigenvalue weighted by Gasteiger charge is -2.25. The molecule has 0 aromatic carbocycles. The number of alkyl halides is 3. The Kier molecular flexibility index (Phi) is 3.99. The number of halogens is 3. The first-order chi connectivity index (χ1) is 9.32. The number of aliphatic hydroxyl groups is 1. The predicted molar refractivity (Wildman–Crippen MR) is 64.8 cm³/mol. The summed E-state index contributed by atoms with van der Waals surface area (Å²) >= 11 is 0. The summed E-state index contributed by atoms with van der Waals surface area (Å²) in [5.74, 6) is -0.381. The van der Waals surface area contributed by atoms with E-state index in [-0.39, 0.29) is 18.9 Å². The standard InChI is InChI=1S/C13H15F3N2O2/c14-13(15,16)12(20)5-7-18(9-12)11(19)4-3-10-2-1-6-17-8-10/h1-2,6,8,20H,3-5,7,9H2/t12-/m1/s1. The van der Waals surface area contributed by atoms with E-state index in [9.17, 15) is 23.1 Å². The maximum Gasteiger partial charge on any atom is 0.419 e. The highest BCUT2D eigenvalue weighted by Gasteiger charge is 2.57. The molecule has 0 radical (unpaired) electrons. The maximum absolute atomic E-state index is 12.6. The Morgan fingerprint density at radius 1 is 1.50 bits per heavy atom. The van der Waals surface area contributed by atoms with Crippen LogP contribution in [-0.2, 0) is 11.2 Å². The van der Waals surface area contributed by atoms with Gasteiger partial charge in [-0.3, -0.25) is 9.78 Å². The van der Waals surface area contributed by atoms with Gasteiger partial charge in [0.05, 0.1) is 6.54 Å². The van der Waals surface area contributed by atoms with Gasteiger partial charge in [0.1, 0.15) is 0 Å². The van der Waals surface area contributed by atoms with E-state index in [1.165, 1.54) is 0 Å². The topological polar surface area (TPSA) is 53.4 Å². The number of pyridine rings is 1. The molecule has 1 saturated heterocycles. The second-order valence-corrected chi connectivity index (χ2v) is 4.96. The smallest absolute Gasteiger partial charge is 0.379 e. The van der Waals surface area contributed by atoms with Crippen LogP contribution in [0.5, 0.6) is 0 Å². The van der Waals surface area contributed by atoms with Gasteiger partial charge in [-0.2, -0.15) is 13.2 Å². The van der Waals surface area contributed by atoms with Gasteiger partial charge in [0, 0.05) is 31.8 Å². The molecular weight excluding hydrogens is 273 g/mol. The van der Waals surface area contributed by atoms with Crippen molar-refractivity contribution in [2.24, 2.45) is 0 Å². The number of hydrogen-bond donors (Lipinski definition) is 1. The van der Waals surface area contributed by atoms with Crippen LogP contribution in [0.25, 0.3) is 0 Å². The zero-order chi connectivity index (χ0) is 14.8. The highest BCUT2D eigenvalue weighted by molar-refractivity contribution is 5.77. The van der Waals surface area contributed by atoms with Crippen molar-refractivity contribution in [1.29, 1.82) is 0 Å². The van der Waals surface area contributed by atoms with Crippen molar-refractivity contribution < 1.29 is 23.1 Å². The number of aryl methyl sites for hydroxylation is 1. The first-order valence-electron chi connectivity index (χ1n) is 6.28. The fourth-order valence-electron chi connectivity index (χ4n) is 2.19. The molecule has 2 heterocycles. The molecule has 110 valence electrons. The Labute approximate surface area is 114 Å². The first kappa shape index (κ1) is 14.8. The third-order valence-electron chi connectivity index (χ3n) is 3.48.